The highest BCUT2D eigenvalue weighted by Crippen LogP contribution is 2.20. The van der Waals surface area contributed by atoms with Gasteiger partial charge in [-0.25, -0.2) is 4.98 Å². The van der Waals surface area contributed by atoms with Gasteiger partial charge in [0.25, 0.3) is 5.56 Å². The van der Waals surface area contributed by atoms with Gasteiger partial charge >= 0.3 is 0 Å². The standard InChI is InChI=1S/C24H20ClN3O2S/c1-16-9-11-17(12-10-16)14-28-23(30)20-7-2-3-8-21(20)27-24(28)31-15-22(29)26-19-6-4-5-18(25)13-19/h2-13H,14-15H2,1H3,(H,26,29). The molecule has 4 rings (SSSR count). The van der Waals surface area contributed by atoms with Gasteiger partial charge in [0.05, 0.1) is 23.2 Å². The lowest BCUT2D eigenvalue weighted by Crippen LogP contribution is -2.25. The summed E-state index contributed by atoms with van der Waals surface area (Å²) in [7, 11) is 0. The fraction of sp³-hybridized carbons (Fsp3) is 0.125. The first-order valence-electron chi connectivity index (χ1n) is 9.73. The maximum absolute atomic E-state index is 13.2. The number of benzene rings is 3. The third kappa shape index (κ3) is 5.16. The van der Waals surface area contributed by atoms with Crippen LogP contribution in [0.1, 0.15) is 11.1 Å². The molecular weight excluding hydrogens is 430 g/mol. The minimum atomic E-state index is -0.198. The number of hydrogen-bond acceptors (Lipinski definition) is 4. The Labute approximate surface area is 189 Å². The molecular formula is C24H20ClN3O2S. The number of halogens is 1. The van der Waals surface area contributed by atoms with Crippen LogP contribution in [0.25, 0.3) is 10.9 Å². The molecule has 0 aliphatic carbocycles. The average molecular weight is 450 g/mol. The van der Waals surface area contributed by atoms with Crippen LogP contribution in [0.4, 0.5) is 5.69 Å². The smallest absolute Gasteiger partial charge is 0.262 e. The van der Waals surface area contributed by atoms with Crippen LogP contribution < -0.4 is 10.9 Å². The zero-order valence-corrected chi connectivity index (χ0v) is 18.4. The topological polar surface area (TPSA) is 64.0 Å². The minimum absolute atomic E-state index is 0.116. The van der Waals surface area contributed by atoms with Gasteiger partial charge in [-0.1, -0.05) is 71.4 Å². The molecule has 0 bridgehead atoms. The summed E-state index contributed by atoms with van der Waals surface area (Å²) in [5.41, 5.74) is 3.27. The monoisotopic (exact) mass is 449 g/mol. The van der Waals surface area contributed by atoms with E-state index in [1.54, 1.807) is 34.9 Å². The number of rotatable bonds is 6. The maximum atomic E-state index is 13.2. The van der Waals surface area contributed by atoms with Crippen LogP contribution in [0, 0.1) is 6.92 Å². The molecule has 31 heavy (non-hydrogen) atoms. The van der Waals surface area contributed by atoms with Crippen LogP contribution in [-0.4, -0.2) is 21.2 Å². The van der Waals surface area contributed by atoms with Gasteiger partial charge in [0.15, 0.2) is 5.16 Å². The molecule has 0 atom stereocenters. The molecule has 1 aromatic heterocycles. The van der Waals surface area contributed by atoms with Crippen molar-refractivity contribution in [1.82, 2.24) is 9.55 Å². The van der Waals surface area contributed by atoms with Gasteiger partial charge in [-0.05, 0) is 42.8 Å². The number of para-hydroxylation sites is 1. The van der Waals surface area contributed by atoms with E-state index in [4.69, 9.17) is 11.6 Å². The third-order valence-electron chi connectivity index (χ3n) is 4.73. The Morgan fingerprint density at radius 2 is 1.84 bits per heavy atom. The van der Waals surface area contributed by atoms with E-state index in [1.807, 2.05) is 49.4 Å². The van der Waals surface area contributed by atoms with E-state index in [0.717, 1.165) is 11.1 Å². The van der Waals surface area contributed by atoms with Crippen molar-refractivity contribution < 1.29 is 4.79 Å². The highest BCUT2D eigenvalue weighted by atomic mass is 35.5. The Morgan fingerprint density at radius 3 is 2.61 bits per heavy atom. The quantitative estimate of drug-likeness (QED) is 0.327. The van der Waals surface area contributed by atoms with Crippen molar-refractivity contribution in [2.24, 2.45) is 0 Å². The summed E-state index contributed by atoms with van der Waals surface area (Å²) >= 11 is 7.21. The van der Waals surface area contributed by atoms with E-state index >= 15 is 0 Å². The van der Waals surface area contributed by atoms with E-state index in [2.05, 4.69) is 10.3 Å². The molecule has 3 aromatic carbocycles. The Kier molecular flexibility index (Phi) is 6.39. The van der Waals surface area contributed by atoms with Crippen LogP contribution in [0.3, 0.4) is 0 Å². The minimum Gasteiger partial charge on any atom is -0.325 e. The lowest BCUT2D eigenvalue weighted by atomic mass is 10.1. The molecule has 0 unspecified atom stereocenters. The molecule has 1 amide bonds. The molecule has 0 aliphatic heterocycles. The number of fused-ring (bicyclic) bond motifs is 1. The summed E-state index contributed by atoms with van der Waals surface area (Å²) < 4.78 is 1.63. The van der Waals surface area contributed by atoms with Gasteiger partial charge in [0, 0.05) is 10.7 Å². The van der Waals surface area contributed by atoms with Crippen molar-refractivity contribution in [3.05, 3.63) is 99.3 Å². The lowest BCUT2D eigenvalue weighted by Gasteiger charge is -2.13. The fourth-order valence-corrected chi connectivity index (χ4v) is 4.16. The Bertz CT molecular complexity index is 1300. The van der Waals surface area contributed by atoms with E-state index in [1.165, 1.54) is 11.8 Å². The summed E-state index contributed by atoms with van der Waals surface area (Å²) in [4.78, 5) is 30.3. The molecule has 4 aromatic rings. The van der Waals surface area contributed by atoms with Crippen LogP contribution in [-0.2, 0) is 11.3 Å². The normalized spacial score (nSPS) is 10.9. The van der Waals surface area contributed by atoms with Crippen molar-refractivity contribution in [1.29, 1.82) is 0 Å². The molecule has 0 saturated carbocycles. The second-order valence-electron chi connectivity index (χ2n) is 7.14. The van der Waals surface area contributed by atoms with Crippen LogP contribution in [0.2, 0.25) is 5.02 Å². The van der Waals surface area contributed by atoms with E-state index in [-0.39, 0.29) is 17.2 Å². The van der Waals surface area contributed by atoms with Gasteiger partial charge in [-0.2, -0.15) is 0 Å². The molecule has 7 heteroatoms. The van der Waals surface area contributed by atoms with Crippen LogP contribution in [0.15, 0.2) is 82.7 Å². The van der Waals surface area contributed by atoms with E-state index in [0.29, 0.717) is 33.3 Å². The first-order chi connectivity index (χ1) is 15.0. The molecule has 0 spiro atoms. The second-order valence-corrected chi connectivity index (χ2v) is 8.51. The van der Waals surface area contributed by atoms with Gasteiger partial charge in [0.2, 0.25) is 5.91 Å². The van der Waals surface area contributed by atoms with Crippen molar-refractivity contribution in [2.75, 3.05) is 11.1 Å². The average Bonchev–Trinajstić information content (AvgIpc) is 2.76. The zero-order valence-electron chi connectivity index (χ0n) is 16.8. The summed E-state index contributed by atoms with van der Waals surface area (Å²) in [5, 5.41) is 4.43. The Morgan fingerprint density at radius 1 is 1.06 bits per heavy atom. The number of nitrogens with one attached hydrogen (secondary N) is 1. The van der Waals surface area contributed by atoms with Crippen molar-refractivity contribution in [2.45, 2.75) is 18.6 Å². The van der Waals surface area contributed by atoms with Crippen LogP contribution >= 0.6 is 23.4 Å². The first-order valence-corrected chi connectivity index (χ1v) is 11.1. The molecule has 0 saturated heterocycles. The van der Waals surface area contributed by atoms with Crippen LogP contribution in [0.5, 0.6) is 0 Å². The summed E-state index contributed by atoms with van der Waals surface area (Å²) in [6, 6.07) is 22.3. The highest BCUT2D eigenvalue weighted by molar-refractivity contribution is 7.99. The number of carbonyl (C=O) groups is 1. The van der Waals surface area contributed by atoms with E-state index in [9.17, 15) is 9.59 Å². The van der Waals surface area contributed by atoms with Crippen molar-refractivity contribution >= 4 is 45.9 Å². The van der Waals surface area contributed by atoms with Gasteiger partial charge in [-0.15, -0.1) is 0 Å². The van der Waals surface area contributed by atoms with Gasteiger partial charge in [-0.3, -0.25) is 14.2 Å². The molecule has 1 heterocycles. The zero-order chi connectivity index (χ0) is 21.8. The second kappa shape index (κ2) is 9.37. The third-order valence-corrected chi connectivity index (χ3v) is 5.94. The predicted molar refractivity (Wildman–Crippen MR) is 127 cm³/mol. The molecule has 0 radical (unpaired) electrons. The number of thioether (sulfide) groups is 1. The summed E-state index contributed by atoms with van der Waals surface area (Å²) in [6.45, 7) is 2.41. The molecule has 156 valence electrons. The van der Waals surface area contributed by atoms with E-state index < -0.39 is 0 Å². The Hall–Kier alpha value is -3.09. The number of hydrogen-bond donors (Lipinski definition) is 1. The number of nitrogens with zero attached hydrogens (tertiary/aromatic N) is 2. The number of aromatic nitrogens is 2. The first kappa shape index (κ1) is 21.2. The molecule has 0 fully saturated rings. The van der Waals surface area contributed by atoms with Gasteiger partial charge in [0.1, 0.15) is 0 Å². The molecule has 5 nitrogen and oxygen atoms in total. The highest BCUT2D eigenvalue weighted by Gasteiger charge is 2.14. The van der Waals surface area contributed by atoms with Crippen molar-refractivity contribution in [3.8, 4) is 0 Å². The molecule has 0 aliphatic rings. The number of aryl methyl sites for hydroxylation is 1. The summed E-state index contributed by atoms with van der Waals surface area (Å²) in [5.74, 6) is -0.0814. The largest absolute Gasteiger partial charge is 0.325 e. The maximum Gasteiger partial charge on any atom is 0.262 e. The SMILES string of the molecule is Cc1ccc(Cn2c(SCC(=O)Nc3cccc(Cl)c3)nc3ccccc3c2=O)cc1. The molecule has 1 N–H and O–H groups in total. The summed E-state index contributed by atoms with van der Waals surface area (Å²) in [6.07, 6.45) is 0. The number of amides is 1. The van der Waals surface area contributed by atoms with Gasteiger partial charge < -0.3 is 5.32 Å². The number of anilines is 1. The Balaban J connectivity index is 1.61. The van der Waals surface area contributed by atoms with Crippen molar-refractivity contribution in [3.63, 3.8) is 0 Å². The predicted octanol–water partition coefficient (Wildman–Crippen LogP) is 5.14. The number of carbonyl (C=O) groups excluding carboxylic acids is 1. The lowest BCUT2D eigenvalue weighted by molar-refractivity contribution is -0.113. The fourth-order valence-electron chi connectivity index (χ4n) is 3.17.